The summed E-state index contributed by atoms with van der Waals surface area (Å²) in [6.45, 7) is 5.56. The molecule has 0 aliphatic carbocycles. The number of halogens is 1. The molecule has 0 radical (unpaired) electrons. The van der Waals surface area contributed by atoms with Crippen molar-refractivity contribution >= 4 is 27.1 Å². The molecule has 3 rings (SSSR count). The Hall–Kier alpha value is -2.45. The molecule has 0 atom stereocenters. The highest BCUT2D eigenvalue weighted by atomic mass is 32.2. The zero-order valence-corrected chi connectivity index (χ0v) is 16.6. The first-order chi connectivity index (χ1) is 13.3. The van der Waals surface area contributed by atoms with Gasteiger partial charge in [-0.15, -0.1) is 0 Å². The van der Waals surface area contributed by atoms with Gasteiger partial charge in [-0.3, -0.25) is 4.79 Å². The molecule has 0 spiro atoms. The molecule has 1 fully saturated rings. The maximum Gasteiger partial charge on any atom is 0.255 e. The second-order valence-corrected chi connectivity index (χ2v) is 9.34. The summed E-state index contributed by atoms with van der Waals surface area (Å²) in [6, 6.07) is 10.3. The van der Waals surface area contributed by atoms with Gasteiger partial charge in [-0.2, -0.15) is 0 Å². The number of nitrogens with zero attached hydrogens (tertiary/aromatic N) is 1. The summed E-state index contributed by atoms with van der Waals surface area (Å²) < 4.78 is 44.0. The van der Waals surface area contributed by atoms with Crippen molar-refractivity contribution in [3.8, 4) is 0 Å². The van der Waals surface area contributed by atoms with Crippen LogP contribution >= 0.6 is 0 Å². The van der Waals surface area contributed by atoms with Gasteiger partial charge >= 0.3 is 0 Å². The Morgan fingerprint density at radius 3 is 2.32 bits per heavy atom. The highest BCUT2D eigenvalue weighted by Crippen LogP contribution is 2.24. The van der Waals surface area contributed by atoms with Crippen LogP contribution in [0.4, 0.5) is 15.8 Å². The number of nitrogens with one attached hydrogen (secondary N) is 1. The Balaban J connectivity index is 1.71. The monoisotopic (exact) mass is 406 g/mol. The molecule has 0 saturated carbocycles. The van der Waals surface area contributed by atoms with E-state index >= 15 is 0 Å². The van der Waals surface area contributed by atoms with E-state index in [0.717, 1.165) is 0 Å². The molecule has 150 valence electrons. The number of benzene rings is 2. The summed E-state index contributed by atoms with van der Waals surface area (Å²) in [6.07, 6.45) is 0. The largest absolute Gasteiger partial charge is 0.378 e. The molecule has 0 unspecified atom stereocenters. The minimum Gasteiger partial charge on any atom is -0.378 e. The predicted molar refractivity (Wildman–Crippen MR) is 106 cm³/mol. The van der Waals surface area contributed by atoms with Gasteiger partial charge in [0.05, 0.1) is 29.0 Å². The number of hydrogen-bond donors (Lipinski definition) is 1. The normalized spacial score (nSPS) is 14.9. The van der Waals surface area contributed by atoms with Crippen LogP contribution in [0.1, 0.15) is 24.2 Å². The third-order valence-electron chi connectivity index (χ3n) is 4.62. The highest BCUT2D eigenvalue weighted by molar-refractivity contribution is 7.92. The molecule has 2 aromatic rings. The van der Waals surface area contributed by atoms with Crippen LogP contribution in [0, 0.1) is 5.82 Å². The summed E-state index contributed by atoms with van der Waals surface area (Å²) in [4.78, 5) is 14.5. The van der Waals surface area contributed by atoms with Crippen LogP contribution in [0.15, 0.2) is 47.4 Å². The van der Waals surface area contributed by atoms with E-state index in [9.17, 15) is 17.6 Å². The van der Waals surface area contributed by atoms with Crippen molar-refractivity contribution < 1.29 is 22.3 Å². The third-order valence-corrected chi connectivity index (χ3v) is 6.79. The second-order valence-electron chi connectivity index (χ2n) is 6.84. The maximum absolute atomic E-state index is 14.4. The van der Waals surface area contributed by atoms with Gasteiger partial charge < -0.3 is 15.0 Å². The molecule has 6 nitrogen and oxygen atoms in total. The molecule has 2 aromatic carbocycles. The van der Waals surface area contributed by atoms with E-state index in [-0.39, 0.29) is 4.90 Å². The summed E-state index contributed by atoms with van der Waals surface area (Å²) in [5.74, 6) is -0.856. The van der Waals surface area contributed by atoms with Gasteiger partial charge in [-0.1, -0.05) is 0 Å². The van der Waals surface area contributed by atoms with E-state index in [1.54, 1.807) is 26.0 Å². The summed E-state index contributed by atoms with van der Waals surface area (Å²) in [5.41, 5.74) is 1.10. The van der Waals surface area contributed by atoms with Crippen molar-refractivity contribution in [2.24, 2.45) is 0 Å². The Morgan fingerprint density at radius 1 is 1.11 bits per heavy atom. The smallest absolute Gasteiger partial charge is 0.255 e. The van der Waals surface area contributed by atoms with E-state index < -0.39 is 26.8 Å². The minimum absolute atomic E-state index is 0.167. The minimum atomic E-state index is -3.39. The zero-order chi connectivity index (χ0) is 20.3. The molecule has 1 saturated heterocycles. The molecule has 1 aliphatic rings. The zero-order valence-electron chi connectivity index (χ0n) is 15.8. The fourth-order valence-corrected chi connectivity index (χ4v) is 3.98. The Morgan fingerprint density at radius 2 is 1.75 bits per heavy atom. The van der Waals surface area contributed by atoms with Gasteiger partial charge in [-0.05, 0) is 56.3 Å². The van der Waals surface area contributed by atoms with Crippen LogP contribution in [0.25, 0.3) is 0 Å². The van der Waals surface area contributed by atoms with Gasteiger partial charge in [0, 0.05) is 24.3 Å². The van der Waals surface area contributed by atoms with Gasteiger partial charge in [0.2, 0.25) is 0 Å². The average Bonchev–Trinajstić information content (AvgIpc) is 2.68. The van der Waals surface area contributed by atoms with Gasteiger partial charge in [0.15, 0.2) is 9.84 Å². The van der Waals surface area contributed by atoms with Crippen molar-refractivity contribution in [2.45, 2.75) is 24.0 Å². The SMILES string of the molecule is CC(C)S(=O)(=O)c1ccc(C(=O)Nc2ccc(N3CCOCC3)c(F)c2)cc1. The van der Waals surface area contributed by atoms with Crippen molar-refractivity contribution in [2.75, 3.05) is 36.5 Å². The highest BCUT2D eigenvalue weighted by Gasteiger charge is 2.20. The number of carbonyl (C=O) groups is 1. The van der Waals surface area contributed by atoms with E-state index in [1.165, 1.54) is 30.3 Å². The summed E-state index contributed by atoms with van der Waals surface area (Å²) in [5, 5.41) is 2.10. The molecule has 1 amide bonds. The Labute approximate surface area is 164 Å². The van der Waals surface area contributed by atoms with Crippen LogP contribution in [0.3, 0.4) is 0 Å². The van der Waals surface area contributed by atoms with Crippen LogP contribution in [0.2, 0.25) is 0 Å². The molecular weight excluding hydrogens is 383 g/mol. The molecule has 1 N–H and O–H groups in total. The maximum atomic E-state index is 14.4. The van der Waals surface area contributed by atoms with Gasteiger partial charge in [-0.25, -0.2) is 12.8 Å². The quantitative estimate of drug-likeness (QED) is 0.826. The Kier molecular flexibility index (Phi) is 6.00. The van der Waals surface area contributed by atoms with Crippen LogP contribution < -0.4 is 10.2 Å². The number of hydrogen-bond acceptors (Lipinski definition) is 5. The number of ether oxygens (including phenoxy) is 1. The topological polar surface area (TPSA) is 75.7 Å². The van der Waals surface area contributed by atoms with Gasteiger partial charge in [0.1, 0.15) is 5.82 Å². The second kappa shape index (κ2) is 8.28. The molecule has 0 aromatic heterocycles. The van der Waals surface area contributed by atoms with Crippen LogP contribution in [0.5, 0.6) is 0 Å². The van der Waals surface area contributed by atoms with E-state index in [0.29, 0.717) is 43.2 Å². The van der Waals surface area contributed by atoms with Crippen molar-refractivity contribution in [1.82, 2.24) is 0 Å². The standard InChI is InChI=1S/C20H23FN2O4S/c1-14(2)28(25,26)17-6-3-15(4-7-17)20(24)22-16-5-8-19(18(21)13-16)23-9-11-27-12-10-23/h3-8,13-14H,9-12H2,1-2H3,(H,22,24). The molecule has 0 bridgehead atoms. The lowest BCUT2D eigenvalue weighted by Crippen LogP contribution is -2.36. The van der Waals surface area contributed by atoms with Crippen LogP contribution in [-0.4, -0.2) is 45.9 Å². The predicted octanol–water partition coefficient (Wildman–Crippen LogP) is 3.10. The fourth-order valence-electron chi connectivity index (χ4n) is 2.92. The van der Waals surface area contributed by atoms with Crippen LogP contribution in [-0.2, 0) is 14.6 Å². The number of sulfone groups is 1. The first-order valence-corrected chi connectivity index (χ1v) is 10.6. The number of rotatable bonds is 5. The third kappa shape index (κ3) is 4.34. The van der Waals surface area contributed by atoms with Gasteiger partial charge in [0.25, 0.3) is 5.91 Å². The Bertz CT molecular complexity index is 953. The van der Waals surface area contributed by atoms with E-state index in [1.807, 2.05) is 4.90 Å². The summed E-state index contributed by atoms with van der Waals surface area (Å²) in [7, 11) is -3.39. The first kappa shape index (κ1) is 20.3. The first-order valence-electron chi connectivity index (χ1n) is 9.06. The number of carbonyl (C=O) groups excluding carboxylic acids is 1. The van der Waals surface area contributed by atoms with E-state index in [4.69, 9.17) is 4.74 Å². The molecule has 8 heteroatoms. The average molecular weight is 406 g/mol. The fraction of sp³-hybridized carbons (Fsp3) is 0.350. The lowest BCUT2D eigenvalue weighted by Gasteiger charge is -2.29. The summed E-state index contributed by atoms with van der Waals surface area (Å²) >= 11 is 0. The van der Waals surface area contributed by atoms with Crippen molar-refractivity contribution in [3.63, 3.8) is 0 Å². The van der Waals surface area contributed by atoms with E-state index in [2.05, 4.69) is 5.32 Å². The lowest BCUT2D eigenvalue weighted by molar-refractivity contribution is 0.102. The number of anilines is 2. The van der Waals surface area contributed by atoms with Crippen molar-refractivity contribution in [3.05, 3.63) is 53.8 Å². The molecule has 1 aliphatic heterocycles. The molecule has 1 heterocycles. The number of amides is 1. The molecule has 28 heavy (non-hydrogen) atoms. The molecular formula is C20H23FN2O4S. The number of morpholine rings is 1. The van der Waals surface area contributed by atoms with Crippen molar-refractivity contribution in [1.29, 1.82) is 0 Å². The lowest BCUT2D eigenvalue weighted by atomic mass is 10.2.